The van der Waals surface area contributed by atoms with Gasteiger partial charge in [0.25, 0.3) is 0 Å². The summed E-state index contributed by atoms with van der Waals surface area (Å²) in [6.45, 7) is 3.16. The molecule has 0 saturated carbocycles. The quantitative estimate of drug-likeness (QED) is 0.868. The highest BCUT2D eigenvalue weighted by Crippen LogP contribution is 2.33. The van der Waals surface area contributed by atoms with Crippen LogP contribution in [0.2, 0.25) is 0 Å². The number of nitriles is 1. The number of hydrogen-bond donors (Lipinski definition) is 2. The Kier molecular flexibility index (Phi) is 6.39. The number of halogens is 3. The van der Waals surface area contributed by atoms with E-state index < -0.39 is 23.7 Å². The van der Waals surface area contributed by atoms with E-state index >= 15 is 0 Å². The Balaban J connectivity index is 0.000000379. The van der Waals surface area contributed by atoms with Gasteiger partial charge in [-0.3, -0.25) is 4.79 Å². The van der Waals surface area contributed by atoms with Crippen molar-refractivity contribution >= 4 is 11.6 Å². The number of rotatable bonds is 2. The third-order valence-corrected chi connectivity index (χ3v) is 3.34. The van der Waals surface area contributed by atoms with Crippen molar-refractivity contribution in [2.75, 3.05) is 18.0 Å². The summed E-state index contributed by atoms with van der Waals surface area (Å²) in [7, 11) is 0. The monoisotopic (exact) mass is 328 g/mol. The number of benzene rings is 1. The molecular formula is C15H19F3N4O. The van der Waals surface area contributed by atoms with Gasteiger partial charge in [0, 0.05) is 13.1 Å². The zero-order valence-corrected chi connectivity index (χ0v) is 12.7. The lowest BCUT2D eigenvalue weighted by atomic mass is 10.1. The number of carbonyl (C=O) groups is 1. The molecule has 5 nitrogen and oxygen atoms in total. The second-order valence-electron chi connectivity index (χ2n) is 5.23. The Hall–Kier alpha value is -2.27. The van der Waals surface area contributed by atoms with Crippen LogP contribution in [0.4, 0.5) is 18.9 Å². The van der Waals surface area contributed by atoms with Gasteiger partial charge in [-0.05, 0) is 38.0 Å². The van der Waals surface area contributed by atoms with Crippen molar-refractivity contribution in [2.45, 2.75) is 32.0 Å². The average Bonchev–Trinajstić information content (AvgIpc) is 3.00. The summed E-state index contributed by atoms with van der Waals surface area (Å²) in [6.07, 6.45) is -2.35. The number of hydrogen-bond acceptors (Lipinski definition) is 4. The first kappa shape index (κ1) is 18.8. The number of amides is 1. The van der Waals surface area contributed by atoms with Gasteiger partial charge in [-0.2, -0.15) is 18.4 Å². The molecule has 23 heavy (non-hydrogen) atoms. The van der Waals surface area contributed by atoms with E-state index in [4.69, 9.17) is 11.0 Å². The minimum absolute atomic E-state index is 0.0988. The van der Waals surface area contributed by atoms with Crippen LogP contribution in [0.1, 0.15) is 30.9 Å². The first-order valence-corrected chi connectivity index (χ1v) is 7.08. The van der Waals surface area contributed by atoms with E-state index in [1.165, 1.54) is 6.07 Å². The summed E-state index contributed by atoms with van der Waals surface area (Å²) in [5, 5.41) is 8.92. The van der Waals surface area contributed by atoms with E-state index in [1.54, 1.807) is 6.92 Å². The molecule has 0 aromatic heterocycles. The molecule has 1 saturated heterocycles. The normalized spacial score (nSPS) is 15.4. The first-order valence-electron chi connectivity index (χ1n) is 7.08. The fraction of sp³-hybridized carbons (Fsp3) is 0.467. The predicted octanol–water partition coefficient (Wildman–Crippen LogP) is 2.00. The summed E-state index contributed by atoms with van der Waals surface area (Å²) >= 11 is 0. The van der Waals surface area contributed by atoms with Crippen LogP contribution >= 0.6 is 0 Å². The average molecular weight is 328 g/mol. The van der Waals surface area contributed by atoms with E-state index in [9.17, 15) is 18.0 Å². The second kappa shape index (κ2) is 7.83. The largest absolute Gasteiger partial charge is 0.416 e. The van der Waals surface area contributed by atoms with Gasteiger partial charge in [0.1, 0.15) is 6.07 Å². The number of nitrogens with zero attached hydrogens (tertiary/aromatic N) is 2. The molecule has 126 valence electrons. The summed E-state index contributed by atoms with van der Waals surface area (Å²) in [4.78, 5) is 11.8. The molecule has 1 aromatic carbocycles. The van der Waals surface area contributed by atoms with Crippen molar-refractivity contribution in [1.82, 2.24) is 0 Å². The van der Waals surface area contributed by atoms with Crippen molar-refractivity contribution in [3.05, 3.63) is 29.3 Å². The van der Waals surface area contributed by atoms with Crippen molar-refractivity contribution in [3.8, 4) is 6.07 Å². The van der Waals surface area contributed by atoms with Crippen molar-refractivity contribution in [1.29, 1.82) is 5.26 Å². The standard InChI is InChI=1S/C12H11F3N2.C3H8N2O/c13-12(14,15)10-3-4-11(9(7-10)8-16)17-5-1-2-6-17;1-2(4)3(5)6/h3-4,7H,1-2,5-6H2;2H,4H2,1H3,(H2,5,6). The summed E-state index contributed by atoms with van der Waals surface area (Å²) in [5.41, 5.74) is 9.57. The van der Waals surface area contributed by atoms with Crippen molar-refractivity contribution in [3.63, 3.8) is 0 Å². The highest BCUT2D eigenvalue weighted by molar-refractivity contribution is 5.78. The lowest BCUT2D eigenvalue weighted by Gasteiger charge is -2.19. The van der Waals surface area contributed by atoms with Crippen LogP contribution in [0, 0.1) is 11.3 Å². The molecule has 1 aromatic rings. The van der Waals surface area contributed by atoms with E-state index in [-0.39, 0.29) is 5.56 Å². The van der Waals surface area contributed by atoms with Gasteiger partial charge in [-0.25, -0.2) is 0 Å². The first-order chi connectivity index (χ1) is 10.7. The molecule has 2 rings (SSSR count). The molecule has 1 atom stereocenters. The van der Waals surface area contributed by atoms with Gasteiger partial charge < -0.3 is 16.4 Å². The van der Waals surface area contributed by atoms with Gasteiger partial charge >= 0.3 is 6.18 Å². The molecule has 4 N–H and O–H groups in total. The number of nitrogens with two attached hydrogens (primary N) is 2. The van der Waals surface area contributed by atoms with Gasteiger partial charge in [-0.15, -0.1) is 0 Å². The molecule has 1 fully saturated rings. The number of alkyl halides is 3. The minimum atomic E-state index is -4.39. The molecular weight excluding hydrogens is 309 g/mol. The highest BCUT2D eigenvalue weighted by Gasteiger charge is 2.31. The van der Waals surface area contributed by atoms with Gasteiger partial charge in [-0.1, -0.05) is 0 Å². The molecule has 0 radical (unpaired) electrons. The zero-order valence-electron chi connectivity index (χ0n) is 12.7. The van der Waals surface area contributed by atoms with Crippen LogP contribution < -0.4 is 16.4 Å². The van der Waals surface area contributed by atoms with Gasteiger partial charge in [0.15, 0.2) is 0 Å². The number of anilines is 1. The Labute approximate surface area is 132 Å². The third kappa shape index (κ3) is 5.45. The van der Waals surface area contributed by atoms with Crippen LogP contribution in [-0.4, -0.2) is 25.0 Å². The summed E-state index contributed by atoms with van der Waals surface area (Å²) < 4.78 is 37.5. The van der Waals surface area contributed by atoms with Crippen molar-refractivity contribution in [2.24, 2.45) is 11.5 Å². The SMILES string of the molecule is CC(N)C(N)=O.N#Cc1cc(C(F)(F)F)ccc1N1CCCC1. The van der Waals surface area contributed by atoms with E-state index in [0.29, 0.717) is 5.69 Å². The molecule has 1 heterocycles. The van der Waals surface area contributed by atoms with Gasteiger partial charge in [0.05, 0.1) is 22.9 Å². The van der Waals surface area contributed by atoms with Crippen LogP contribution in [0.15, 0.2) is 18.2 Å². The Morgan fingerprint density at radius 3 is 2.26 bits per heavy atom. The predicted molar refractivity (Wildman–Crippen MR) is 80.4 cm³/mol. The fourth-order valence-electron chi connectivity index (χ4n) is 2.04. The smallest absolute Gasteiger partial charge is 0.370 e. The second-order valence-corrected chi connectivity index (χ2v) is 5.23. The molecule has 1 aliphatic heterocycles. The van der Waals surface area contributed by atoms with Gasteiger partial charge in [0.2, 0.25) is 5.91 Å². The zero-order chi connectivity index (χ0) is 17.6. The molecule has 1 unspecified atom stereocenters. The molecule has 1 aliphatic rings. The maximum Gasteiger partial charge on any atom is 0.416 e. The molecule has 0 aliphatic carbocycles. The van der Waals surface area contributed by atoms with Crippen LogP contribution in [0.5, 0.6) is 0 Å². The lowest BCUT2D eigenvalue weighted by Crippen LogP contribution is -2.32. The number of carbonyl (C=O) groups excluding carboxylic acids is 1. The van der Waals surface area contributed by atoms with Crippen LogP contribution in [0.25, 0.3) is 0 Å². The summed E-state index contributed by atoms with van der Waals surface area (Å²) in [5.74, 6) is -0.463. The molecule has 0 bridgehead atoms. The van der Waals surface area contributed by atoms with Crippen LogP contribution in [-0.2, 0) is 11.0 Å². The minimum Gasteiger partial charge on any atom is -0.370 e. The lowest BCUT2D eigenvalue weighted by molar-refractivity contribution is -0.137. The van der Waals surface area contributed by atoms with E-state index in [1.807, 2.05) is 11.0 Å². The molecule has 1 amide bonds. The maximum absolute atomic E-state index is 12.5. The molecule has 0 spiro atoms. The van der Waals surface area contributed by atoms with E-state index in [0.717, 1.165) is 38.1 Å². The third-order valence-electron chi connectivity index (χ3n) is 3.34. The highest BCUT2D eigenvalue weighted by atomic mass is 19.4. The van der Waals surface area contributed by atoms with Crippen LogP contribution in [0.3, 0.4) is 0 Å². The molecule has 8 heteroatoms. The number of primary amides is 1. The summed E-state index contributed by atoms with van der Waals surface area (Å²) in [6, 6.07) is 4.69. The van der Waals surface area contributed by atoms with Crippen molar-refractivity contribution < 1.29 is 18.0 Å². The topological polar surface area (TPSA) is 96.1 Å². The Morgan fingerprint density at radius 2 is 1.87 bits per heavy atom. The Bertz CT molecular complexity index is 587. The fourth-order valence-corrected chi connectivity index (χ4v) is 2.04. The Morgan fingerprint density at radius 1 is 1.35 bits per heavy atom. The maximum atomic E-state index is 12.5. The van der Waals surface area contributed by atoms with E-state index in [2.05, 4.69) is 5.73 Å².